The predicted molar refractivity (Wildman–Crippen MR) is 121 cm³/mol. The van der Waals surface area contributed by atoms with E-state index >= 15 is 0 Å². The highest BCUT2D eigenvalue weighted by Gasteiger charge is 2.23. The second kappa shape index (κ2) is 9.21. The summed E-state index contributed by atoms with van der Waals surface area (Å²) in [5.74, 6) is 0.683. The van der Waals surface area contributed by atoms with Gasteiger partial charge in [0.15, 0.2) is 11.5 Å². The largest absolute Gasteiger partial charge is 0.383 e. The lowest BCUT2D eigenvalue weighted by molar-refractivity contribution is -0.118. The summed E-state index contributed by atoms with van der Waals surface area (Å²) in [5, 5.41) is 3.97. The number of H-pyrrole nitrogens is 1. The molecule has 0 spiro atoms. The van der Waals surface area contributed by atoms with Crippen LogP contribution in [0.25, 0.3) is 0 Å². The van der Waals surface area contributed by atoms with Crippen molar-refractivity contribution in [3.63, 3.8) is 0 Å². The Morgan fingerprint density at radius 2 is 1.91 bits per heavy atom. The van der Waals surface area contributed by atoms with Crippen molar-refractivity contribution in [2.75, 3.05) is 17.7 Å². The van der Waals surface area contributed by atoms with Gasteiger partial charge in [-0.05, 0) is 12.0 Å². The van der Waals surface area contributed by atoms with Crippen molar-refractivity contribution < 1.29 is 9.32 Å². The summed E-state index contributed by atoms with van der Waals surface area (Å²) in [6.45, 7) is 6.13. The highest BCUT2D eigenvalue weighted by atomic mass is 16.5. The quantitative estimate of drug-likeness (QED) is 0.571. The van der Waals surface area contributed by atoms with Gasteiger partial charge >= 0.3 is 5.69 Å². The van der Waals surface area contributed by atoms with E-state index in [1.54, 1.807) is 0 Å². The summed E-state index contributed by atoms with van der Waals surface area (Å²) in [6.07, 6.45) is 1.03. The molecule has 1 amide bonds. The van der Waals surface area contributed by atoms with Gasteiger partial charge in [-0.1, -0.05) is 56.3 Å². The Hall–Kier alpha value is -3.69. The molecule has 1 aromatic carbocycles. The molecular weight excluding hydrogens is 412 g/mol. The first-order valence-corrected chi connectivity index (χ1v) is 10.3. The monoisotopic (exact) mass is 440 g/mol. The number of benzene rings is 1. The average Bonchev–Trinajstić information content (AvgIpc) is 3.21. The van der Waals surface area contributed by atoms with E-state index < -0.39 is 11.2 Å². The normalized spacial score (nSPS) is 11.5. The molecule has 0 unspecified atom stereocenters. The zero-order valence-corrected chi connectivity index (χ0v) is 18.7. The Morgan fingerprint density at radius 3 is 2.53 bits per heavy atom. The van der Waals surface area contributed by atoms with Crippen molar-refractivity contribution in [2.24, 2.45) is 0 Å². The molecule has 0 fully saturated rings. The number of nitrogens with one attached hydrogen (secondary N) is 1. The third-order valence-corrected chi connectivity index (χ3v) is 5.03. The molecule has 10 nitrogen and oxygen atoms in total. The van der Waals surface area contributed by atoms with E-state index in [2.05, 4.69) is 15.1 Å². The minimum atomic E-state index is -0.709. The number of amides is 1. The first kappa shape index (κ1) is 23.0. The molecule has 0 aliphatic carbocycles. The summed E-state index contributed by atoms with van der Waals surface area (Å²) >= 11 is 0. The van der Waals surface area contributed by atoms with Crippen LogP contribution >= 0.6 is 0 Å². The van der Waals surface area contributed by atoms with Crippen LogP contribution in [0, 0.1) is 0 Å². The minimum absolute atomic E-state index is 0.0571. The van der Waals surface area contributed by atoms with E-state index in [0.29, 0.717) is 24.6 Å². The number of nitrogen functional groups attached to an aromatic ring is 1. The Labute approximate surface area is 185 Å². The van der Waals surface area contributed by atoms with Gasteiger partial charge in [0.2, 0.25) is 11.8 Å². The van der Waals surface area contributed by atoms with Gasteiger partial charge in [-0.2, -0.15) is 4.98 Å². The first-order chi connectivity index (χ1) is 15.1. The van der Waals surface area contributed by atoms with E-state index in [9.17, 15) is 14.4 Å². The molecule has 0 saturated heterocycles. The molecule has 10 heteroatoms. The van der Waals surface area contributed by atoms with Crippen LogP contribution in [0.3, 0.4) is 0 Å². The van der Waals surface area contributed by atoms with Crippen LogP contribution in [0.5, 0.6) is 0 Å². The molecule has 170 valence electrons. The third-order valence-electron chi connectivity index (χ3n) is 5.03. The molecule has 3 rings (SSSR count). The lowest BCUT2D eigenvalue weighted by atomic mass is 9.96. The Balaban J connectivity index is 1.72. The first-order valence-electron chi connectivity index (χ1n) is 10.3. The molecule has 0 bridgehead atoms. The number of aromatic nitrogens is 4. The third kappa shape index (κ3) is 5.13. The van der Waals surface area contributed by atoms with Crippen LogP contribution in [-0.2, 0) is 23.2 Å². The molecule has 2 heterocycles. The number of nitrogens with two attached hydrogens (primary N) is 1. The molecule has 3 N–H and O–H groups in total. The number of aryl methyl sites for hydroxylation is 1. The van der Waals surface area contributed by atoms with E-state index in [1.165, 1.54) is 16.5 Å². The maximum Gasteiger partial charge on any atom is 0.330 e. The van der Waals surface area contributed by atoms with E-state index in [1.807, 2.05) is 51.1 Å². The van der Waals surface area contributed by atoms with Crippen LogP contribution in [0.15, 0.2) is 44.4 Å². The fourth-order valence-electron chi connectivity index (χ4n) is 3.17. The number of anilines is 2. The van der Waals surface area contributed by atoms with Crippen molar-refractivity contribution in [3.05, 3.63) is 68.4 Å². The van der Waals surface area contributed by atoms with Gasteiger partial charge in [0.25, 0.3) is 5.56 Å². The topological polar surface area (TPSA) is 140 Å². The van der Waals surface area contributed by atoms with Gasteiger partial charge in [-0.3, -0.25) is 19.1 Å². The van der Waals surface area contributed by atoms with Crippen molar-refractivity contribution in [3.8, 4) is 0 Å². The Kier molecular flexibility index (Phi) is 6.61. The highest BCUT2D eigenvalue weighted by molar-refractivity contribution is 5.94. The fraction of sp³-hybridized carbons (Fsp3) is 0.409. The zero-order valence-electron chi connectivity index (χ0n) is 18.7. The van der Waals surface area contributed by atoms with E-state index in [-0.39, 0.29) is 35.8 Å². The fourth-order valence-corrected chi connectivity index (χ4v) is 3.17. The smallest absolute Gasteiger partial charge is 0.330 e. The van der Waals surface area contributed by atoms with Crippen LogP contribution in [0.2, 0.25) is 0 Å². The van der Waals surface area contributed by atoms with Gasteiger partial charge in [0.05, 0.1) is 6.54 Å². The average molecular weight is 441 g/mol. The SMILES string of the molecule is CN(C(=O)CCCc1nc(C(C)(C)C)no1)c1c(N)n(Cc2ccccc2)c(=O)[nH]c1=O. The van der Waals surface area contributed by atoms with Gasteiger partial charge in [-0.25, -0.2) is 4.79 Å². The summed E-state index contributed by atoms with van der Waals surface area (Å²) < 4.78 is 6.48. The molecule has 32 heavy (non-hydrogen) atoms. The zero-order chi connectivity index (χ0) is 23.5. The summed E-state index contributed by atoms with van der Waals surface area (Å²) in [4.78, 5) is 45.2. The summed E-state index contributed by atoms with van der Waals surface area (Å²) in [6, 6.07) is 9.22. The second-order valence-corrected chi connectivity index (χ2v) is 8.63. The summed E-state index contributed by atoms with van der Waals surface area (Å²) in [5.41, 5.74) is 5.36. The number of hydrogen-bond acceptors (Lipinski definition) is 7. The van der Waals surface area contributed by atoms with Crippen molar-refractivity contribution in [1.82, 2.24) is 19.7 Å². The maximum atomic E-state index is 12.7. The molecular formula is C22H28N6O4. The standard InChI is InChI=1S/C22H28N6O4/c1-22(2,3)20-24-15(32-26-20)11-8-12-16(29)27(4)17-18(23)28(21(31)25-19(17)30)13-14-9-6-5-7-10-14/h5-7,9-10H,8,11-13,23H2,1-4H3,(H,25,30,31). The number of rotatable bonds is 7. The summed E-state index contributed by atoms with van der Waals surface area (Å²) in [7, 11) is 1.46. The van der Waals surface area contributed by atoms with Crippen molar-refractivity contribution in [2.45, 2.75) is 52.0 Å². The second-order valence-electron chi connectivity index (χ2n) is 8.63. The lowest BCUT2D eigenvalue weighted by Gasteiger charge is -2.20. The van der Waals surface area contributed by atoms with E-state index in [4.69, 9.17) is 10.3 Å². The van der Waals surface area contributed by atoms with Gasteiger partial charge in [-0.15, -0.1) is 0 Å². The molecule has 3 aromatic rings. The van der Waals surface area contributed by atoms with E-state index in [0.717, 1.165) is 5.56 Å². The molecule has 0 radical (unpaired) electrons. The van der Waals surface area contributed by atoms with Crippen LogP contribution < -0.4 is 21.9 Å². The van der Waals surface area contributed by atoms with Gasteiger partial charge in [0, 0.05) is 25.3 Å². The Morgan fingerprint density at radius 1 is 1.22 bits per heavy atom. The van der Waals surface area contributed by atoms with Crippen LogP contribution in [0.4, 0.5) is 11.5 Å². The molecule has 0 saturated carbocycles. The maximum absolute atomic E-state index is 12.7. The molecule has 2 aromatic heterocycles. The van der Waals surface area contributed by atoms with Gasteiger partial charge in [0.1, 0.15) is 5.82 Å². The molecule has 0 atom stereocenters. The molecule has 0 aliphatic heterocycles. The van der Waals surface area contributed by atoms with Gasteiger partial charge < -0.3 is 15.2 Å². The Bertz CT molecular complexity index is 1200. The number of nitrogens with zero attached hydrogens (tertiary/aromatic N) is 4. The predicted octanol–water partition coefficient (Wildman–Crippen LogP) is 1.83. The number of carbonyl (C=O) groups is 1. The number of hydrogen-bond donors (Lipinski definition) is 2. The molecule has 0 aliphatic rings. The minimum Gasteiger partial charge on any atom is -0.383 e. The van der Waals surface area contributed by atoms with Crippen LogP contribution in [0.1, 0.15) is 50.9 Å². The van der Waals surface area contributed by atoms with Crippen molar-refractivity contribution in [1.29, 1.82) is 0 Å². The number of carbonyl (C=O) groups excluding carboxylic acids is 1. The lowest BCUT2D eigenvalue weighted by Crippen LogP contribution is -2.39. The highest BCUT2D eigenvalue weighted by Crippen LogP contribution is 2.20. The van der Waals surface area contributed by atoms with Crippen LogP contribution in [-0.4, -0.2) is 32.6 Å². The van der Waals surface area contributed by atoms with Crippen molar-refractivity contribution >= 4 is 17.4 Å². The number of aromatic amines is 1.